The first kappa shape index (κ1) is 24.0. The number of aryl methyl sites for hydroxylation is 1. The van der Waals surface area contributed by atoms with Crippen molar-refractivity contribution >= 4 is 45.7 Å². The summed E-state index contributed by atoms with van der Waals surface area (Å²) in [6.07, 6.45) is -0.488. The van der Waals surface area contributed by atoms with E-state index in [1.807, 2.05) is 7.05 Å². The number of halogens is 4. The van der Waals surface area contributed by atoms with Crippen molar-refractivity contribution in [3.63, 3.8) is 0 Å². The Morgan fingerprint density at radius 3 is 2.68 bits per heavy atom. The van der Waals surface area contributed by atoms with Crippen LogP contribution >= 0.6 is 22.9 Å². The maximum atomic E-state index is 13.0. The van der Waals surface area contributed by atoms with E-state index in [2.05, 4.69) is 30.6 Å². The van der Waals surface area contributed by atoms with Gasteiger partial charge in [-0.1, -0.05) is 11.6 Å². The van der Waals surface area contributed by atoms with Gasteiger partial charge in [-0.05, 0) is 19.1 Å². The Balaban J connectivity index is 1.44. The number of aromatic nitrogens is 5. The van der Waals surface area contributed by atoms with Gasteiger partial charge in [0.25, 0.3) is 5.91 Å². The molecule has 0 bridgehead atoms. The molecular formula is C20H17ClF3N7O2S. The van der Waals surface area contributed by atoms with E-state index in [9.17, 15) is 23.1 Å². The summed E-state index contributed by atoms with van der Waals surface area (Å²) in [6, 6.07) is 1.91. The molecule has 4 rings (SSSR count). The van der Waals surface area contributed by atoms with Gasteiger partial charge in [0, 0.05) is 13.2 Å². The highest BCUT2D eigenvalue weighted by molar-refractivity contribution is 7.13. The Morgan fingerprint density at radius 2 is 1.94 bits per heavy atom. The number of hydrogen-bond acceptors (Lipinski definition) is 8. The van der Waals surface area contributed by atoms with Gasteiger partial charge in [-0.3, -0.25) is 15.1 Å². The molecule has 14 heteroatoms. The van der Waals surface area contributed by atoms with Crippen molar-refractivity contribution in [2.24, 2.45) is 7.05 Å². The van der Waals surface area contributed by atoms with E-state index in [4.69, 9.17) is 11.6 Å². The van der Waals surface area contributed by atoms with Crippen LogP contribution in [-0.4, -0.2) is 35.5 Å². The first-order valence-corrected chi connectivity index (χ1v) is 10.9. The molecule has 0 fully saturated rings. The third-order valence-electron chi connectivity index (χ3n) is 4.84. The van der Waals surface area contributed by atoms with Crippen molar-refractivity contribution in [3.05, 3.63) is 63.2 Å². The number of hydrogen-bond donors (Lipinski definition) is 3. The van der Waals surface area contributed by atoms with Crippen LogP contribution in [0.15, 0.2) is 37.1 Å². The van der Waals surface area contributed by atoms with Crippen LogP contribution in [0.2, 0.25) is 5.02 Å². The monoisotopic (exact) mass is 511 g/mol. The first-order valence-electron chi connectivity index (χ1n) is 9.74. The molecule has 3 N–H and O–H groups in total. The molecule has 0 aliphatic carbocycles. The van der Waals surface area contributed by atoms with Gasteiger partial charge in [-0.2, -0.15) is 13.2 Å². The maximum Gasteiger partial charge on any atom is 0.418 e. The minimum absolute atomic E-state index is 0.151. The fourth-order valence-electron chi connectivity index (χ4n) is 3.08. The molecule has 0 aliphatic heterocycles. The number of thiazole rings is 1. The molecule has 0 aromatic carbocycles. The van der Waals surface area contributed by atoms with Gasteiger partial charge in [-0.25, -0.2) is 15.0 Å². The summed E-state index contributed by atoms with van der Waals surface area (Å²) in [4.78, 5) is 28.9. The van der Waals surface area contributed by atoms with Gasteiger partial charge in [0.1, 0.15) is 27.4 Å². The maximum absolute atomic E-state index is 13.0. The number of alkyl halides is 3. The van der Waals surface area contributed by atoms with E-state index in [-0.39, 0.29) is 10.7 Å². The molecule has 0 radical (unpaired) electrons. The molecule has 178 valence electrons. The molecule has 1 amide bonds. The van der Waals surface area contributed by atoms with Gasteiger partial charge in [0.05, 0.1) is 46.6 Å². The second-order valence-corrected chi connectivity index (χ2v) is 8.78. The highest BCUT2D eigenvalue weighted by Crippen LogP contribution is 2.35. The van der Waals surface area contributed by atoms with E-state index in [0.29, 0.717) is 22.3 Å². The number of amides is 1. The average molecular weight is 512 g/mol. The van der Waals surface area contributed by atoms with E-state index >= 15 is 0 Å². The van der Waals surface area contributed by atoms with Crippen molar-refractivity contribution in [1.29, 1.82) is 0 Å². The number of aliphatic hydroxyl groups is 1. The lowest BCUT2D eigenvalue weighted by Crippen LogP contribution is -2.25. The number of rotatable bonds is 6. The summed E-state index contributed by atoms with van der Waals surface area (Å²) in [7, 11) is 1.83. The predicted molar refractivity (Wildman–Crippen MR) is 119 cm³/mol. The van der Waals surface area contributed by atoms with Gasteiger partial charge in [0.2, 0.25) is 0 Å². The van der Waals surface area contributed by atoms with Crippen LogP contribution in [0.3, 0.4) is 0 Å². The molecule has 0 saturated heterocycles. The van der Waals surface area contributed by atoms with E-state index < -0.39 is 34.9 Å². The molecule has 34 heavy (non-hydrogen) atoms. The number of pyridine rings is 2. The molecule has 2 unspecified atom stereocenters. The van der Waals surface area contributed by atoms with Gasteiger partial charge < -0.3 is 15.0 Å². The molecule has 4 aromatic heterocycles. The van der Waals surface area contributed by atoms with Crippen molar-refractivity contribution < 1.29 is 23.1 Å². The van der Waals surface area contributed by atoms with Crippen LogP contribution in [0, 0.1) is 0 Å². The number of anilines is 1. The molecular weight excluding hydrogens is 495 g/mol. The number of aliphatic hydroxyl groups excluding tert-OH is 1. The Hall–Kier alpha value is -3.13. The fraction of sp³-hybridized carbons (Fsp3) is 0.250. The Morgan fingerprint density at radius 1 is 1.18 bits per heavy atom. The highest BCUT2D eigenvalue weighted by atomic mass is 35.5. The summed E-state index contributed by atoms with van der Waals surface area (Å²) < 4.78 is 40.9. The van der Waals surface area contributed by atoms with Crippen molar-refractivity contribution in [1.82, 2.24) is 29.8 Å². The van der Waals surface area contributed by atoms with Crippen LogP contribution in [-0.2, 0) is 13.2 Å². The lowest BCUT2D eigenvalue weighted by atomic mass is 10.2. The lowest BCUT2D eigenvalue weighted by Gasteiger charge is -2.17. The zero-order valence-corrected chi connectivity index (χ0v) is 19.2. The van der Waals surface area contributed by atoms with Crippen LogP contribution < -0.4 is 10.6 Å². The molecule has 9 nitrogen and oxygen atoms in total. The first-order chi connectivity index (χ1) is 16.0. The van der Waals surface area contributed by atoms with Crippen molar-refractivity contribution in [3.8, 4) is 0 Å². The van der Waals surface area contributed by atoms with E-state index in [1.165, 1.54) is 6.20 Å². The zero-order chi connectivity index (χ0) is 24.6. The summed E-state index contributed by atoms with van der Waals surface area (Å²) in [6.45, 7) is 1.74. The van der Waals surface area contributed by atoms with E-state index in [1.54, 1.807) is 30.1 Å². The predicted octanol–water partition coefficient (Wildman–Crippen LogP) is 4.09. The number of imidazole rings is 1. The third-order valence-corrected chi connectivity index (χ3v) is 6.32. The fourth-order valence-corrected chi connectivity index (χ4v) is 4.12. The molecule has 0 aliphatic rings. The number of fused-ring (bicyclic) bond motifs is 1. The summed E-state index contributed by atoms with van der Waals surface area (Å²) in [5, 5.41) is 15.7. The summed E-state index contributed by atoms with van der Waals surface area (Å²) >= 11 is 6.57. The van der Waals surface area contributed by atoms with Gasteiger partial charge in [-0.15, -0.1) is 11.3 Å². The highest BCUT2D eigenvalue weighted by Gasteiger charge is 2.34. The number of nitrogens with one attached hydrogen (secondary N) is 2. The number of nitrogens with zero attached hydrogens (tertiary/aromatic N) is 5. The smallest absolute Gasteiger partial charge is 0.373 e. The Labute approximate surface area is 199 Å². The standard InChI is InChI=1S/C20H17ClF3N7O2S/c1-9(29-17(32)12-4-14-13(6-25-12)28-8-31(14)2)19-27-7-15(34-19)18(33)30-16-3-10(20(22,23)24)11(21)5-26-16/h3-9,17,29,32H,1-2H3,(H,26,30,33). The second-order valence-electron chi connectivity index (χ2n) is 7.31. The number of carbonyl (C=O) groups excluding carboxylic acids is 1. The average Bonchev–Trinajstić information content (AvgIpc) is 3.41. The van der Waals surface area contributed by atoms with Crippen molar-refractivity contribution in [2.75, 3.05) is 5.32 Å². The quantitative estimate of drug-likeness (QED) is 0.334. The van der Waals surface area contributed by atoms with E-state index in [0.717, 1.165) is 23.1 Å². The lowest BCUT2D eigenvalue weighted by molar-refractivity contribution is -0.137. The van der Waals surface area contributed by atoms with Crippen LogP contribution in [0.4, 0.5) is 19.0 Å². The Bertz CT molecular complexity index is 1360. The normalized spacial score (nSPS) is 13.7. The van der Waals surface area contributed by atoms with Gasteiger partial charge in [0.15, 0.2) is 0 Å². The SMILES string of the molecule is CC(NC(O)c1cc2c(cn1)ncn2C)c1ncc(C(=O)Nc2cc(C(F)(F)F)c(Cl)cn2)s1. The van der Waals surface area contributed by atoms with Gasteiger partial charge >= 0.3 is 6.18 Å². The molecule has 2 atom stereocenters. The van der Waals surface area contributed by atoms with Crippen molar-refractivity contribution in [2.45, 2.75) is 25.4 Å². The minimum Gasteiger partial charge on any atom is -0.373 e. The third kappa shape index (κ3) is 5.01. The van der Waals surface area contributed by atoms with Crippen LogP contribution in [0.5, 0.6) is 0 Å². The van der Waals surface area contributed by atoms with Crippen LogP contribution in [0.1, 0.15) is 45.1 Å². The summed E-state index contributed by atoms with van der Waals surface area (Å²) in [5.41, 5.74) is 0.775. The second kappa shape index (κ2) is 9.25. The molecule has 4 heterocycles. The molecule has 0 spiro atoms. The summed E-state index contributed by atoms with van der Waals surface area (Å²) in [5.74, 6) is -0.974. The topological polar surface area (TPSA) is 118 Å². The minimum atomic E-state index is -4.69. The zero-order valence-electron chi connectivity index (χ0n) is 17.6. The largest absolute Gasteiger partial charge is 0.418 e. The number of carbonyl (C=O) groups is 1. The molecule has 4 aromatic rings. The Kier molecular flexibility index (Phi) is 6.53. The van der Waals surface area contributed by atoms with Crippen LogP contribution in [0.25, 0.3) is 11.0 Å². The molecule has 0 saturated carbocycles.